The first kappa shape index (κ1) is 23.4. The van der Waals surface area contributed by atoms with Crippen LogP contribution in [0, 0.1) is 6.92 Å². The first-order valence-electron chi connectivity index (χ1n) is 9.48. The van der Waals surface area contributed by atoms with Crippen LogP contribution in [0.1, 0.15) is 11.1 Å². The summed E-state index contributed by atoms with van der Waals surface area (Å²) in [6.45, 7) is 3.59. The first-order chi connectivity index (χ1) is 15.0. The van der Waals surface area contributed by atoms with Crippen molar-refractivity contribution >= 4 is 51.9 Å². The molecule has 1 saturated heterocycles. The second-order valence-electron chi connectivity index (χ2n) is 6.51. The van der Waals surface area contributed by atoms with Crippen LogP contribution in [0.5, 0.6) is 17.2 Å². The number of rotatable bonds is 10. The molecule has 0 saturated carbocycles. The minimum Gasteiger partial charge on any atom is -0.493 e. The van der Waals surface area contributed by atoms with Gasteiger partial charge in [-0.2, -0.15) is 0 Å². The number of hydrogen-bond donors (Lipinski definition) is 1. The monoisotopic (exact) mass is 479 g/mol. The third-order valence-electron chi connectivity index (χ3n) is 4.18. The summed E-state index contributed by atoms with van der Waals surface area (Å²) >= 11 is 12.6. The van der Waals surface area contributed by atoms with Crippen molar-refractivity contribution < 1.29 is 23.7 Å². The number of thiocarbonyl (C=S) groups is 1. The summed E-state index contributed by atoms with van der Waals surface area (Å²) in [6.07, 6.45) is 1.70. The molecule has 1 aliphatic heterocycles. The van der Waals surface area contributed by atoms with Gasteiger partial charge in [0.2, 0.25) is 0 Å². The molecule has 0 unspecified atom stereocenters. The predicted molar refractivity (Wildman–Crippen MR) is 127 cm³/mol. The molecule has 0 spiro atoms. The highest BCUT2D eigenvalue weighted by molar-refractivity contribution is 8.26. The molecule has 0 radical (unpaired) electrons. The normalized spacial score (nSPS) is 14.6. The average Bonchev–Trinajstić information content (AvgIpc) is 3.06. The Bertz CT molecular complexity index is 979. The number of benzene rings is 2. The number of carbonyl (C=O) groups excluding carboxylic acids is 1. The molecule has 9 heteroatoms. The van der Waals surface area contributed by atoms with Crippen molar-refractivity contribution in [2.24, 2.45) is 0 Å². The zero-order valence-corrected chi connectivity index (χ0v) is 19.5. The highest BCUT2D eigenvalue weighted by atomic mass is 35.5. The van der Waals surface area contributed by atoms with Gasteiger partial charge in [0.25, 0.3) is 5.91 Å². The number of nitrogens with one attached hydrogen (secondary N) is 1. The first-order valence-corrected chi connectivity index (χ1v) is 11.1. The van der Waals surface area contributed by atoms with Crippen molar-refractivity contribution in [1.29, 1.82) is 0 Å². The Labute approximate surface area is 195 Å². The van der Waals surface area contributed by atoms with Crippen LogP contribution < -0.4 is 19.5 Å². The van der Waals surface area contributed by atoms with E-state index >= 15 is 0 Å². The number of hydrogen-bond acceptors (Lipinski definition) is 7. The van der Waals surface area contributed by atoms with Gasteiger partial charge in [-0.15, -0.1) is 0 Å². The number of aryl methyl sites for hydroxylation is 1. The third-order valence-corrected chi connectivity index (χ3v) is 5.63. The van der Waals surface area contributed by atoms with Crippen LogP contribution in [0.25, 0.3) is 6.08 Å². The largest absolute Gasteiger partial charge is 0.493 e. The summed E-state index contributed by atoms with van der Waals surface area (Å²) in [6, 6.07) is 11.3. The fraction of sp³-hybridized carbons (Fsp3) is 0.273. The maximum absolute atomic E-state index is 11.8. The smallest absolute Gasteiger partial charge is 0.263 e. The van der Waals surface area contributed by atoms with Crippen LogP contribution >= 0.6 is 35.6 Å². The van der Waals surface area contributed by atoms with Gasteiger partial charge in [0.1, 0.15) is 23.3 Å². The van der Waals surface area contributed by atoms with Crippen LogP contribution in [-0.2, 0) is 9.53 Å². The highest BCUT2D eigenvalue weighted by Crippen LogP contribution is 2.38. The molecule has 3 rings (SSSR count). The Morgan fingerprint density at radius 1 is 1.10 bits per heavy atom. The minimum absolute atomic E-state index is 0.228. The molecule has 0 bridgehead atoms. The van der Waals surface area contributed by atoms with Crippen molar-refractivity contribution in [3.63, 3.8) is 0 Å². The van der Waals surface area contributed by atoms with E-state index in [1.807, 2.05) is 31.2 Å². The fourth-order valence-electron chi connectivity index (χ4n) is 2.69. The molecule has 1 aliphatic rings. The Morgan fingerprint density at radius 2 is 1.81 bits per heavy atom. The molecule has 2 aromatic rings. The molecule has 164 valence electrons. The van der Waals surface area contributed by atoms with Gasteiger partial charge in [-0.1, -0.05) is 53.3 Å². The lowest BCUT2D eigenvalue weighted by atomic mass is 10.2. The topological polar surface area (TPSA) is 66.0 Å². The lowest BCUT2D eigenvalue weighted by molar-refractivity contribution is -0.115. The van der Waals surface area contributed by atoms with Crippen molar-refractivity contribution in [2.45, 2.75) is 6.92 Å². The molecule has 0 atom stereocenters. The van der Waals surface area contributed by atoms with E-state index in [-0.39, 0.29) is 5.91 Å². The molecule has 1 amide bonds. The molecule has 6 nitrogen and oxygen atoms in total. The van der Waals surface area contributed by atoms with Gasteiger partial charge in [0.05, 0.1) is 30.3 Å². The Balaban J connectivity index is 1.47. The minimum atomic E-state index is -0.228. The summed E-state index contributed by atoms with van der Waals surface area (Å²) in [5, 5.41) is 2.95. The van der Waals surface area contributed by atoms with Crippen molar-refractivity contribution in [2.75, 3.05) is 33.5 Å². The predicted octanol–water partition coefficient (Wildman–Crippen LogP) is 4.62. The molecule has 31 heavy (non-hydrogen) atoms. The summed E-state index contributed by atoms with van der Waals surface area (Å²) in [5.41, 5.74) is 1.90. The highest BCUT2D eigenvalue weighted by Gasteiger charge is 2.22. The van der Waals surface area contributed by atoms with E-state index in [0.717, 1.165) is 5.75 Å². The van der Waals surface area contributed by atoms with Crippen LogP contribution in [0.4, 0.5) is 0 Å². The van der Waals surface area contributed by atoms with Gasteiger partial charge >= 0.3 is 0 Å². The van der Waals surface area contributed by atoms with E-state index in [1.54, 1.807) is 18.2 Å². The van der Waals surface area contributed by atoms with Crippen LogP contribution in [0.2, 0.25) is 5.02 Å². The fourth-order valence-corrected chi connectivity index (χ4v) is 4.01. The van der Waals surface area contributed by atoms with E-state index in [0.29, 0.717) is 57.7 Å². The molecule has 1 N–H and O–H groups in total. The van der Waals surface area contributed by atoms with Gasteiger partial charge in [-0.3, -0.25) is 4.79 Å². The van der Waals surface area contributed by atoms with Crippen molar-refractivity contribution in [1.82, 2.24) is 5.32 Å². The lowest BCUT2D eigenvalue weighted by Crippen LogP contribution is -2.17. The summed E-state index contributed by atoms with van der Waals surface area (Å²) in [4.78, 5) is 12.3. The van der Waals surface area contributed by atoms with E-state index in [2.05, 4.69) is 5.32 Å². The number of halogens is 1. The molecular weight excluding hydrogens is 458 g/mol. The standard InChI is InChI=1S/C22H22ClNO5S2/c1-14-3-5-16(6-4-14)28-9-7-27-8-10-29-20-17(23)11-15(12-18(20)26-2)13-19-21(25)24-22(30)31-19/h3-6,11-13H,7-10H2,1-2H3,(H,24,25,30)/b19-13+. The van der Waals surface area contributed by atoms with Gasteiger partial charge in [-0.25, -0.2) is 0 Å². The van der Waals surface area contributed by atoms with Crippen LogP contribution in [-0.4, -0.2) is 43.8 Å². The molecule has 0 aliphatic carbocycles. The van der Waals surface area contributed by atoms with Crippen molar-refractivity contribution in [3.8, 4) is 17.2 Å². The zero-order chi connectivity index (χ0) is 22.2. The van der Waals surface area contributed by atoms with Gasteiger partial charge in [0.15, 0.2) is 11.5 Å². The summed E-state index contributed by atoms with van der Waals surface area (Å²) in [7, 11) is 1.53. The van der Waals surface area contributed by atoms with E-state index in [4.69, 9.17) is 42.8 Å². The third kappa shape index (κ3) is 6.87. The summed E-state index contributed by atoms with van der Waals surface area (Å²) < 4.78 is 22.7. The SMILES string of the molecule is COc1cc(/C=C2/SC(=S)NC2=O)cc(Cl)c1OCCOCCOc1ccc(C)cc1. The second kappa shape index (κ2) is 11.4. The lowest BCUT2D eigenvalue weighted by Gasteiger charge is -2.14. The maximum Gasteiger partial charge on any atom is 0.263 e. The van der Waals surface area contributed by atoms with E-state index in [1.165, 1.54) is 24.4 Å². The number of methoxy groups -OCH3 is 1. The Hall–Kier alpha value is -2.26. The molecule has 2 aromatic carbocycles. The second-order valence-corrected chi connectivity index (χ2v) is 8.63. The number of amides is 1. The zero-order valence-electron chi connectivity index (χ0n) is 17.1. The molecular formula is C22H22ClNO5S2. The average molecular weight is 480 g/mol. The number of ether oxygens (including phenoxy) is 4. The van der Waals surface area contributed by atoms with Gasteiger partial charge in [-0.05, 0) is 42.8 Å². The van der Waals surface area contributed by atoms with Gasteiger partial charge in [0, 0.05) is 0 Å². The molecule has 1 fully saturated rings. The Kier molecular flexibility index (Phi) is 8.60. The van der Waals surface area contributed by atoms with Crippen LogP contribution in [0.15, 0.2) is 41.3 Å². The maximum atomic E-state index is 11.8. The molecule has 0 aromatic heterocycles. The van der Waals surface area contributed by atoms with E-state index in [9.17, 15) is 4.79 Å². The van der Waals surface area contributed by atoms with E-state index < -0.39 is 0 Å². The number of thioether (sulfide) groups is 1. The van der Waals surface area contributed by atoms with Crippen LogP contribution in [0.3, 0.4) is 0 Å². The molecule has 1 heterocycles. The summed E-state index contributed by atoms with van der Waals surface area (Å²) in [5.74, 6) is 1.47. The van der Waals surface area contributed by atoms with Crippen molar-refractivity contribution in [3.05, 3.63) is 57.5 Å². The Morgan fingerprint density at radius 3 is 2.45 bits per heavy atom. The quantitative estimate of drug-likeness (QED) is 0.303. The van der Waals surface area contributed by atoms with Gasteiger partial charge < -0.3 is 24.3 Å². The number of carbonyl (C=O) groups is 1.